The molecule has 1 rings (SSSR count). The van der Waals surface area contributed by atoms with Crippen LogP contribution >= 0.6 is 11.6 Å². The summed E-state index contributed by atoms with van der Waals surface area (Å²) in [5.74, 6) is -0.355. The number of methoxy groups -OCH3 is 1. The largest absolute Gasteiger partial charge is 0.497 e. The molecule has 0 aliphatic rings. The first-order valence-corrected chi connectivity index (χ1v) is 4.79. The molecule has 0 atom stereocenters. The highest BCUT2D eigenvalue weighted by Crippen LogP contribution is 2.25. The number of rotatable bonds is 5. The van der Waals surface area contributed by atoms with E-state index in [1.165, 1.54) is 19.2 Å². The number of carboxylic acid groups (broad SMARTS) is 1. The first-order chi connectivity index (χ1) is 7.54. The molecule has 0 saturated heterocycles. The molecule has 0 fully saturated rings. The maximum Gasteiger partial charge on any atom is 0.339 e. The van der Waals surface area contributed by atoms with Gasteiger partial charge in [-0.2, -0.15) is 0 Å². The van der Waals surface area contributed by atoms with Gasteiger partial charge in [0.25, 0.3) is 0 Å². The van der Waals surface area contributed by atoms with E-state index in [9.17, 15) is 4.79 Å². The zero-order chi connectivity index (χ0) is 12.1. The van der Waals surface area contributed by atoms with E-state index in [0.717, 1.165) is 0 Å². The number of carboxylic acids is 1. The normalized spacial score (nSPS) is 9.62. The molecule has 0 radical (unpaired) electrons. The van der Waals surface area contributed by atoms with Gasteiger partial charge in [0.2, 0.25) is 0 Å². The van der Waals surface area contributed by atoms with Gasteiger partial charge in [0.05, 0.1) is 7.11 Å². The van der Waals surface area contributed by atoms with Gasteiger partial charge < -0.3 is 14.6 Å². The number of hydrogen-bond donors (Lipinski definition) is 1. The lowest BCUT2D eigenvalue weighted by molar-refractivity contribution is 0.0692. The second kappa shape index (κ2) is 5.42. The molecule has 0 spiro atoms. The highest BCUT2D eigenvalue weighted by atomic mass is 35.5. The van der Waals surface area contributed by atoms with E-state index < -0.39 is 5.97 Å². The third-order valence-corrected chi connectivity index (χ3v) is 1.91. The van der Waals surface area contributed by atoms with E-state index in [-0.39, 0.29) is 17.9 Å². The Balaban J connectivity index is 3.00. The minimum absolute atomic E-state index is 0.0506. The van der Waals surface area contributed by atoms with Crippen LogP contribution in [0.2, 0.25) is 0 Å². The van der Waals surface area contributed by atoms with E-state index in [4.69, 9.17) is 26.2 Å². The summed E-state index contributed by atoms with van der Waals surface area (Å²) in [6.45, 7) is 3.50. The summed E-state index contributed by atoms with van der Waals surface area (Å²) in [5, 5.41) is 9.21. The maximum absolute atomic E-state index is 10.9. The smallest absolute Gasteiger partial charge is 0.339 e. The van der Waals surface area contributed by atoms with Crippen LogP contribution in [0.1, 0.15) is 10.4 Å². The van der Waals surface area contributed by atoms with Crippen LogP contribution in [0.3, 0.4) is 0 Å². The van der Waals surface area contributed by atoms with E-state index >= 15 is 0 Å². The third-order valence-electron chi connectivity index (χ3n) is 1.80. The Hall–Kier alpha value is -1.68. The molecule has 0 unspecified atom stereocenters. The fraction of sp³-hybridized carbons (Fsp3) is 0.182. The van der Waals surface area contributed by atoms with Crippen LogP contribution < -0.4 is 9.47 Å². The average Bonchev–Trinajstić information content (AvgIpc) is 2.25. The summed E-state index contributed by atoms with van der Waals surface area (Å²) in [6, 6.07) is 4.45. The molecule has 1 aromatic rings. The summed E-state index contributed by atoms with van der Waals surface area (Å²) in [6.07, 6.45) is 0. The number of aromatic carboxylic acids is 1. The molecule has 4 nitrogen and oxygen atoms in total. The predicted molar refractivity (Wildman–Crippen MR) is 60.4 cm³/mol. The van der Waals surface area contributed by atoms with Crippen molar-refractivity contribution in [2.75, 3.05) is 13.7 Å². The van der Waals surface area contributed by atoms with Crippen molar-refractivity contribution in [2.45, 2.75) is 0 Å². The number of ether oxygens (including phenoxy) is 2. The van der Waals surface area contributed by atoms with Crippen molar-refractivity contribution < 1.29 is 19.4 Å². The zero-order valence-electron chi connectivity index (χ0n) is 8.70. The van der Waals surface area contributed by atoms with Gasteiger partial charge in [0, 0.05) is 11.1 Å². The lowest BCUT2D eigenvalue weighted by Crippen LogP contribution is -2.04. The van der Waals surface area contributed by atoms with Gasteiger partial charge in [-0.05, 0) is 12.1 Å². The number of benzene rings is 1. The Labute approximate surface area is 98.1 Å². The molecule has 0 heterocycles. The average molecular weight is 243 g/mol. The summed E-state index contributed by atoms with van der Waals surface area (Å²) in [4.78, 5) is 10.9. The number of carbonyl (C=O) groups is 1. The monoisotopic (exact) mass is 242 g/mol. The molecular formula is C11H11ClO4. The maximum atomic E-state index is 10.9. The summed E-state index contributed by atoms with van der Waals surface area (Å²) >= 11 is 5.54. The Morgan fingerprint density at radius 3 is 2.75 bits per heavy atom. The third kappa shape index (κ3) is 3.17. The van der Waals surface area contributed by atoms with Gasteiger partial charge in [-0.1, -0.05) is 18.2 Å². The highest BCUT2D eigenvalue weighted by Gasteiger charge is 2.12. The molecule has 0 bridgehead atoms. The standard InChI is InChI=1S/C11H11ClO4/c1-7(12)6-16-10-5-8(15-2)3-4-9(10)11(13)14/h3-5H,1,6H2,2H3,(H,13,14). The summed E-state index contributed by atoms with van der Waals surface area (Å²) < 4.78 is 10.2. The molecule has 0 aliphatic carbocycles. The van der Waals surface area contributed by atoms with Crippen molar-refractivity contribution in [1.82, 2.24) is 0 Å². The van der Waals surface area contributed by atoms with Gasteiger partial charge in [-0.3, -0.25) is 0 Å². The second-order valence-electron chi connectivity index (χ2n) is 2.97. The minimum atomic E-state index is -1.07. The van der Waals surface area contributed by atoms with Gasteiger partial charge in [-0.25, -0.2) is 4.79 Å². The second-order valence-corrected chi connectivity index (χ2v) is 3.51. The molecule has 5 heteroatoms. The van der Waals surface area contributed by atoms with Crippen LogP contribution in [-0.2, 0) is 0 Å². The van der Waals surface area contributed by atoms with Crippen molar-refractivity contribution in [3.8, 4) is 11.5 Å². The van der Waals surface area contributed by atoms with E-state index in [2.05, 4.69) is 6.58 Å². The Morgan fingerprint density at radius 1 is 1.56 bits per heavy atom. The van der Waals surface area contributed by atoms with Crippen molar-refractivity contribution in [2.24, 2.45) is 0 Å². The molecule has 1 aromatic carbocycles. The van der Waals surface area contributed by atoms with Crippen molar-refractivity contribution in [1.29, 1.82) is 0 Å². The fourth-order valence-corrected chi connectivity index (χ4v) is 1.14. The quantitative estimate of drug-likeness (QED) is 0.862. The molecule has 0 amide bonds. The molecule has 86 valence electrons. The SMILES string of the molecule is C=C(Cl)COc1cc(OC)ccc1C(=O)O. The van der Waals surface area contributed by atoms with Gasteiger partial charge in [0.15, 0.2) is 0 Å². The molecule has 0 aromatic heterocycles. The van der Waals surface area contributed by atoms with Gasteiger partial charge in [0.1, 0.15) is 23.7 Å². The number of hydrogen-bond acceptors (Lipinski definition) is 3. The Bertz CT molecular complexity index is 414. The van der Waals surface area contributed by atoms with Crippen molar-refractivity contribution >= 4 is 17.6 Å². The Morgan fingerprint density at radius 2 is 2.25 bits per heavy atom. The lowest BCUT2D eigenvalue weighted by Gasteiger charge is -2.09. The fourth-order valence-electron chi connectivity index (χ4n) is 1.08. The molecular weight excluding hydrogens is 232 g/mol. The lowest BCUT2D eigenvalue weighted by atomic mass is 10.2. The van der Waals surface area contributed by atoms with E-state index in [1.807, 2.05) is 0 Å². The van der Waals surface area contributed by atoms with Crippen LogP contribution in [0.15, 0.2) is 29.8 Å². The topological polar surface area (TPSA) is 55.8 Å². The molecule has 0 aliphatic heterocycles. The Kier molecular flexibility index (Phi) is 4.19. The van der Waals surface area contributed by atoms with Crippen LogP contribution in [0.5, 0.6) is 11.5 Å². The van der Waals surface area contributed by atoms with Crippen LogP contribution in [0.25, 0.3) is 0 Å². The summed E-state index contributed by atoms with van der Waals surface area (Å²) in [7, 11) is 1.49. The van der Waals surface area contributed by atoms with E-state index in [1.54, 1.807) is 6.07 Å². The number of halogens is 1. The molecule has 0 saturated carbocycles. The first kappa shape index (κ1) is 12.4. The predicted octanol–water partition coefficient (Wildman–Crippen LogP) is 2.52. The van der Waals surface area contributed by atoms with Gasteiger partial charge >= 0.3 is 5.97 Å². The van der Waals surface area contributed by atoms with Crippen LogP contribution in [0.4, 0.5) is 0 Å². The van der Waals surface area contributed by atoms with Crippen LogP contribution in [0, 0.1) is 0 Å². The summed E-state index contributed by atoms with van der Waals surface area (Å²) in [5.41, 5.74) is 0.0544. The highest BCUT2D eigenvalue weighted by molar-refractivity contribution is 6.29. The van der Waals surface area contributed by atoms with Crippen LogP contribution in [-0.4, -0.2) is 24.8 Å². The molecule has 16 heavy (non-hydrogen) atoms. The minimum Gasteiger partial charge on any atom is -0.497 e. The molecule has 1 N–H and O–H groups in total. The van der Waals surface area contributed by atoms with Crippen molar-refractivity contribution in [3.63, 3.8) is 0 Å². The first-order valence-electron chi connectivity index (χ1n) is 4.42. The van der Waals surface area contributed by atoms with E-state index in [0.29, 0.717) is 10.8 Å². The zero-order valence-corrected chi connectivity index (χ0v) is 9.45. The van der Waals surface area contributed by atoms with Crippen molar-refractivity contribution in [3.05, 3.63) is 35.4 Å². The van der Waals surface area contributed by atoms with Gasteiger partial charge in [-0.15, -0.1) is 0 Å².